The number of aryl methyl sites for hydroxylation is 2. The van der Waals surface area contributed by atoms with Crippen molar-refractivity contribution in [2.75, 3.05) is 11.1 Å². The lowest BCUT2D eigenvalue weighted by Crippen LogP contribution is -2.22. The van der Waals surface area contributed by atoms with E-state index in [9.17, 15) is 9.59 Å². The Balaban J connectivity index is 1.34. The highest BCUT2D eigenvalue weighted by Gasteiger charge is 2.15. The van der Waals surface area contributed by atoms with Gasteiger partial charge in [0.15, 0.2) is 5.16 Å². The number of nitrogens with one attached hydrogen (secondary N) is 1. The molecule has 5 nitrogen and oxygen atoms in total. The van der Waals surface area contributed by atoms with Crippen LogP contribution in [0.15, 0.2) is 82.7 Å². The van der Waals surface area contributed by atoms with E-state index in [1.54, 1.807) is 10.6 Å². The van der Waals surface area contributed by atoms with Crippen molar-refractivity contribution in [3.63, 3.8) is 0 Å². The summed E-state index contributed by atoms with van der Waals surface area (Å²) in [6.07, 6.45) is 3.73. The fraction of sp³-hybridized carbons (Fsp3) is 0.192. The minimum Gasteiger partial charge on any atom is -0.326 e. The summed E-state index contributed by atoms with van der Waals surface area (Å²) < 4.78 is 1.63. The van der Waals surface area contributed by atoms with Gasteiger partial charge in [0, 0.05) is 17.9 Å². The van der Waals surface area contributed by atoms with Gasteiger partial charge >= 0.3 is 0 Å². The molecule has 0 saturated heterocycles. The number of aromatic nitrogens is 2. The van der Waals surface area contributed by atoms with Crippen LogP contribution in [-0.2, 0) is 17.6 Å². The first-order valence-electron chi connectivity index (χ1n) is 10.8. The molecule has 4 aromatic rings. The van der Waals surface area contributed by atoms with Crippen LogP contribution in [0.4, 0.5) is 5.69 Å². The molecule has 6 heteroatoms. The van der Waals surface area contributed by atoms with Crippen LogP contribution in [-0.4, -0.2) is 21.2 Å². The Morgan fingerprint density at radius 3 is 2.62 bits per heavy atom. The second kappa shape index (κ2) is 9.01. The Morgan fingerprint density at radius 2 is 1.75 bits per heavy atom. The monoisotopic (exact) mass is 441 g/mol. The van der Waals surface area contributed by atoms with Crippen molar-refractivity contribution >= 4 is 34.3 Å². The predicted molar refractivity (Wildman–Crippen MR) is 130 cm³/mol. The van der Waals surface area contributed by atoms with Gasteiger partial charge < -0.3 is 5.32 Å². The van der Waals surface area contributed by atoms with Crippen LogP contribution < -0.4 is 10.9 Å². The highest BCUT2D eigenvalue weighted by molar-refractivity contribution is 7.99. The third kappa shape index (κ3) is 4.18. The standard InChI is InChI=1S/C26H23N3O2S/c30-24(27-20-14-13-18-7-6-8-19(18)17-20)15-16-32-26-28-23-12-5-4-11-22(23)25(31)29(26)21-9-2-1-3-10-21/h1-5,9-14,17H,6-8,15-16H2,(H,27,30). The average Bonchev–Trinajstić information content (AvgIpc) is 3.28. The second-order valence-electron chi connectivity index (χ2n) is 7.87. The molecule has 1 aliphatic carbocycles. The Morgan fingerprint density at radius 1 is 0.969 bits per heavy atom. The SMILES string of the molecule is O=C(CCSc1nc2ccccc2c(=O)n1-c1ccccc1)Nc1ccc2c(c1)CCC2. The number of fused-ring (bicyclic) bond motifs is 2. The molecule has 1 aliphatic rings. The number of rotatable bonds is 6. The molecule has 0 spiro atoms. The van der Waals surface area contributed by atoms with Crippen molar-refractivity contribution in [2.45, 2.75) is 30.8 Å². The molecule has 0 aliphatic heterocycles. The van der Waals surface area contributed by atoms with Crippen molar-refractivity contribution in [3.8, 4) is 5.69 Å². The molecule has 0 bridgehead atoms. The number of thioether (sulfide) groups is 1. The van der Waals surface area contributed by atoms with E-state index in [0.717, 1.165) is 24.2 Å². The molecule has 0 atom stereocenters. The molecule has 1 heterocycles. The zero-order chi connectivity index (χ0) is 21.9. The molecule has 5 rings (SSSR count). The van der Waals surface area contributed by atoms with Crippen molar-refractivity contribution in [1.82, 2.24) is 9.55 Å². The summed E-state index contributed by atoms with van der Waals surface area (Å²) in [4.78, 5) is 30.5. The molecule has 3 aromatic carbocycles. The first-order valence-corrected chi connectivity index (χ1v) is 11.8. The van der Waals surface area contributed by atoms with E-state index in [1.807, 2.05) is 54.6 Å². The van der Waals surface area contributed by atoms with Crippen LogP contribution in [0.3, 0.4) is 0 Å². The first kappa shape index (κ1) is 20.5. The number of benzene rings is 3. The van der Waals surface area contributed by atoms with Crippen LogP contribution >= 0.6 is 11.8 Å². The van der Waals surface area contributed by atoms with Gasteiger partial charge in [-0.3, -0.25) is 14.2 Å². The van der Waals surface area contributed by atoms with Crippen LogP contribution in [0.25, 0.3) is 16.6 Å². The summed E-state index contributed by atoms with van der Waals surface area (Å²) in [6, 6.07) is 23.0. The predicted octanol–water partition coefficient (Wildman–Crippen LogP) is 5.00. The summed E-state index contributed by atoms with van der Waals surface area (Å²) in [5.41, 5.74) is 4.90. The van der Waals surface area contributed by atoms with E-state index in [4.69, 9.17) is 4.98 Å². The van der Waals surface area contributed by atoms with Gasteiger partial charge in [0.1, 0.15) is 0 Å². The van der Waals surface area contributed by atoms with Crippen LogP contribution in [0.1, 0.15) is 24.0 Å². The molecular formula is C26H23N3O2S. The lowest BCUT2D eigenvalue weighted by molar-refractivity contribution is -0.115. The maximum Gasteiger partial charge on any atom is 0.266 e. The molecule has 1 N–H and O–H groups in total. The normalized spacial score (nSPS) is 12.6. The van der Waals surface area contributed by atoms with Crippen molar-refractivity contribution in [2.24, 2.45) is 0 Å². The number of para-hydroxylation sites is 2. The van der Waals surface area contributed by atoms with E-state index >= 15 is 0 Å². The lowest BCUT2D eigenvalue weighted by atomic mass is 10.1. The smallest absolute Gasteiger partial charge is 0.266 e. The molecule has 0 fully saturated rings. The lowest BCUT2D eigenvalue weighted by Gasteiger charge is -2.13. The number of nitrogens with zero attached hydrogens (tertiary/aromatic N) is 2. The fourth-order valence-corrected chi connectivity index (χ4v) is 5.07. The minimum absolute atomic E-state index is 0.0372. The number of carbonyl (C=O) groups excluding carboxylic acids is 1. The summed E-state index contributed by atoms with van der Waals surface area (Å²) in [5.74, 6) is 0.485. The third-order valence-electron chi connectivity index (χ3n) is 5.70. The topological polar surface area (TPSA) is 64.0 Å². The highest BCUT2D eigenvalue weighted by Crippen LogP contribution is 2.25. The summed E-state index contributed by atoms with van der Waals surface area (Å²) in [7, 11) is 0. The van der Waals surface area contributed by atoms with E-state index in [1.165, 1.54) is 29.3 Å². The quantitative estimate of drug-likeness (QED) is 0.338. The average molecular weight is 442 g/mol. The summed E-state index contributed by atoms with van der Waals surface area (Å²) in [6.45, 7) is 0. The van der Waals surface area contributed by atoms with Crippen LogP contribution in [0, 0.1) is 0 Å². The zero-order valence-corrected chi connectivity index (χ0v) is 18.4. The van der Waals surface area contributed by atoms with Crippen molar-refractivity contribution in [1.29, 1.82) is 0 Å². The maximum atomic E-state index is 13.2. The Bertz CT molecular complexity index is 1350. The molecule has 0 saturated carbocycles. The van der Waals surface area contributed by atoms with Gasteiger partial charge in [-0.1, -0.05) is 48.2 Å². The van der Waals surface area contributed by atoms with Crippen molar-refractivity contribution in [3.05, 3.63) is 94.3 Å². The molecular weight excluding hydrogens is 418 g/mol. The van der Waals surface area contributed by atoms with E-state index < -0.39 is 0 Å². The van der Waals surface area contributed by atoms with E-state index in [-0.39, 0.29) is 11.5 Å². The molecule has 0 unspecified atom stereocenters. The summed E-state index contributed by atoms with van der Waals surface area (Å²) >= 11 is 1.42. The number of carbonyl (C=O) groups is 1. The van der Waals surface area contributed by atoms with Crippen molar-refractivity contribution < 1.29 is 4.79 Å². The number of hydrogen-bond acceptors (Lipinski definition) is 4. The molecule has 1 amide bonds. The van der Waals surface area contributed by atoms with Gasteiger partial charge in [0.25, 0.3) is 5.56 Å². The van der Waals surface area contributed by atoms with Gasteiger partial charge in [-0.05, 0) is 66.8 Å². The van der Waals surface area contributed by atoms with Crippen LogP contribution in [0.5, 0.6) is 0 Å². The second-order valence-corrected chi connectivity index (χ2v) is 8.93. The number of hydrogen-bond donors (Lipinski definition) is 1. The minimum atomic E-state index is -0.105. The highest BCUT2D eigenvalue weighted by atomic mass is 32.2. The molecule has 0 radical (unpaired) electrons. The summed E-state index contributed by atoms with van der Waals surface area (Å²) in [5, 5.41) is 4.17. The first-order chi connectivity index (χ1) is 15.7. The van der Waals surface area contributed by atoms with E-state index in [0.29, 0.717) is 28.2 Å². The largest absolute Gasteiger partial charge is 0.326 e. The van der Waals surface area contributed by atoms with E-state index in [2.05, 4.69) is 17.4 Å². The molecule has 32 heavy (non-hydrogen) atoms. The Kier molecular flexibility index (Phi) is 5.77. The van der Waals surface area contributed by atoms with Gasteiger partial charge in [-0.15, -0.1) is 0 Å². The number of amides is 1. The van der Waals surface area contributed by atoms with Gasteiger partial charge in [0.05, 0.1) is 16.6 Å². The van der Waals surface area contributed by atoms with Gasteiger partial charge in [-0.25, -0.2) is 4.98 Å². The van der Waals surface area contributed by atoms with Gasteiger partial charge in [-0.2, -0.15) is 0 Å². The molecule has 160 valence electrons. The maximum absolute atomic E-state index is 13.2. The van der Waals surface area contributed by atoms with Crippen LogP contribution in [0.2, 0.25) is 0 Å². The number of anilines is 1. The Hall–Kier alpha value is -3.38. The molecule has 1 aromatic heterocycles. The Labute approximate surface area is 190 Å². The zero-order valence-electron chi connectivity index (χ0n) is 17.6. The third-order valence-corrected chi connectivity index (χ3v) is 6.64. The fourth-order valence-electron chi connectivity index (χ4n) is 4.12. The van der Waals surface area contributed by atoms with Gasteiger partial charge in [0.2, 0.25) is 5.91 Å².